The standard InChI is InChI=1S/C10H6O2.4Na.H4O7P2/c11-9-5-6-10(12)8-4-2-1-3-7(8)9;;;;;1-8(2,3)7-9(4,5)6/h1-6H;;;;;(H2,1,2,3)(H2,4,5,6)/q;4*+1;/p-4. The van der Waals surface area contributed by atoms with Gasteiger partial charge in [-0.3, -0.25) is 9.59 Å². The van der Waals surface area contributed by atoms with Gasteiger partial charge in [-0.1, -0.05) is 24.3 Å². The van der Waals surface area contributed by atoms with Crippen LogP contribution in [0.1, 0.15) is 20.7 Å². The van der Waals surface area contributed by atoms with Gasteiger partial charge in [0, 0.05) is 11.1 Å². The van der Waals surface area contributed by atoms with Crippen molar-refractivity contribution in [2.75, 3.05) is 0 Å². The van der Waals surface area contributed by atoms with E-state index in [1.54, 1.807) is 24.3 Å². The molecule has 25 heavy (non-hydrogen) atoms. The summed E-state index contributed by atoms with van der Waals surface area (Å²) in [6.45, 7) is 0. The molecule has 0 saturated carbocycles. The van der Waals surface area contributed by atoms with E-state index in [-0.39, 0.29) is 130 Å². The van der Waals surface area contributed by atoms with Gasteiger partial charge in [0.1, 0.15) is 0 Å². The maximum Gasteiger partial charge on any atom is 1.00 e. The van der Waals surface area contributed by atoms with Gasteiger partial charge in [-0.2, -0.15) is 0 Å². The molecule has 0 aromatic heterocycles. The third-order valence-electron chi connectivity index (χ3n) is 2.04. The van der Waals surface area contributed by atoms with Crippen LogP contribution in [-0.4, -0.2) is 11.6 Å². The van der Waals surface area contributed by atoms with Gasteiger partial charge in [0.25, 0.3) is 0 Å². The minimum Gasteiger partial charge on any atom is -0.790 e. The summed E-state index contributed by atoms with van der Waals surface area (Å²) in [6.07, 6.45) is 2.62. The van der Waals surface area contributed by atoms with Gasteiger partial charge in [0.15, 0.2) is 11.6 Å². The van der Waals surface area contributed by atoms with Crippen LogP contribution in [0.25, 0.3) is 0 Å². The number of phosphoric acid groups is 2. The zero-order chi connectivity index (χ0) is 16.3. The molecule has 0 bridgehead atoms. The Hall–Kier alpha value is 2.56. The Balaban J connectivity index is -0.000000157. The fourth-order valence-corrected chi connectivity index (χ4v) is 2.35. The van der Waals surface area contributed by atoms with Crippen LogP contribution in [0.15, 0.2) is 36.4 Å². The molecule has 0 saturated heterocycles. The van der Waals surface area contributed by atoms with E-state index in [9.17, 15) is 38.3 Å². The van der Waals surface area contributed by atoms with Crippen molar-refractivity contribution < 1.29 is 161 Å². The van der Waals surface area contributed by atoms with Gasteiger partial charge in [-0.05, 0) is 12.2 Å². The predicted molar refractivity (Wildman–Crippen MR) is 60.5 cm³/mol. The van der Waals surface area contributed by atoms with Gasteiger partial charge < -0.3 is 33.0 Å². The third-order valence-corrected chi connectivity index (χ3v) is 3.64. The normalized spacial score (nSPS) is 12.0. The first kappa shape index (κ1) is 35.0. The Morgan fingerprint density at radius 3 is 1.16 bits per heavy atom. The zero-order valence-corrected chi connectivity index (χ0v) is 23.8. The number of hydrogen-bond acceptors (Lipinski definition) is 9. The first-order valence-corrected chi connectivity index (χ1v) is 8.03. The van der Waals surface area contributed by atoms with Crippen molar-refractivity contribution in [3.05, 3.63) is 47.5 Å². The van der Waals surface area contributed by atoms with Crippen molar-refractivity contribution in [2.45, 2.75) is 0 Å². The first-order chi connectivity index (χ1) is 9.49. The van der Waals surface area contributed by atoms with Gasteiger partial charge in [-0.15, -0.1) is 0 Å². The van der Waals surface area contributed by atoms with Crippen LogP contribution in [0.3, 0.4) is 0 Å². The second-order valence-electron chi connectivity index (χ2n) is 3.58. The van der Waals surface area contributed by atoms with E-state index in [0.29, 0.717) is 11.1 Å². The summed E-state index contributed by atoms with van der Waals surface area (Å²) in [5, 5.41) is 0. The Morgan fingerprint density at radius 1 is 0.680 bits per heavy atom. The molecular weight excluding hydrogens is 418 g/mol. The fourth-order valence-electron chi connectivity index (χ4n) is 1.37. The third kappa shape index (κ3) is 15.1. The van der Waals surface area contributed by atoms with Crippen molar-refractivity contribution in [1.82, 2.24) is 0 Å². The van der Waals surface area contributed by atoms with E-state index in [2.05, 4.69) is 4.31 Å². The first-order valence-electron chi connectivity index (χ1n) is 5.11. The molecule has 1 aromatic carbocycles. The molecule has 0 radical (unpaired) electrons. The molecule has 2 rings (SSSR count). The van der Waals surface area contributed by atoms with Crippen LogP contribution in [0.2, 0.25) is 0 Å². The SMILES string of the molecule is O=C1C=CC(=O)c2ccccc21.O=P([O-])([O-])OP(=O)([O-])[O-].[Na+].[Na+].[Na+].[Na+]. The molecule has 1 aliphatic carbocycles. The summed E-state index contributed by atoms with van der Waals surface area (Å²) in [4.78, 5) is 59.7. The number of fused-ring (bicyclic) bond motifs is 1. The number of hydrogen-bond donors (Lipinski definition) is 0. The van der Waals surface area contributed by atoms with E-state index >= 15 is 0 Å². The Bertz CT molecular complexity index is 640. The van der Waals surface area contributed by atoms with E-state index in [1.807, 2.05) is 0 Å². The summed E-state index contributed by atoms with van der Waals surface area (Å²) in [7, 11) is -11.4. The van der Waals surface area contributed by atoms with Crippen molar-refractivity contribution in [1.29, 1.82) is 0 Å². The Labute approximate surface area is 232 Å². The number of allylic oxidation sites excluding steroid dienone is 2. The Morgan fingerprint density at radius 2 is 0.960 bits per heavy atom. The molecule has 0 aliphatic heterocycles. The van der Waals surface area contributed by atoms with Crippen molar-refractivity contribution in [2.24, 2.45) is 0 Å². The zero-order valence-electron chi connectivity index (χ0n) is 14.0. The summed E-state index contributed by atoms with van der Waals surface area (Å²) in [6, 6.07) is 6.84. The number of benzene rings is 1. The summed E-state index contributed by atoms with van der Waals surface area (Å²) < 4.78 is 21.2. The summed E-state index contributed by atoms with van der Waals surface area (Å²) in [5.74, 6) is -0.185. The molecule has 0 N–H and O–H groups in total. The Kier molecular flexibility index (Phi) is 21.6. The maximum absolute atomic E-state index is 11.2. The predicted octanol–water partition coefficient (Wildman–Crippen LogP) is -13.7. The van der Waals surface area contributed by atoms with Crippen LogP contribution < -0.4 is 138 Å². The van der Waals surface area contributed by atoms with E-state index in [0.717, 1.165) is 0 Å². The van der Waals surface area contributed by atoms with Gasteiger partial charge >= 0.3 is 118 Å². The van der Waals surface area contributed by atoms with E-state index in [1.165, 1.54) is 12.2 Å². The number of carbonyl (C=O) groups excluding carboxylic acids is 2. The van der Waals surface area contributed by atoms with Crippen molar-refractivity contribution >= 4 is 27.2 Å². The topological polar surface area (TPSA) is 170 Å². The average Bonchev–Trinajstić information content (AvgIpc) is 2.31. The number of rotatable bonds is 2. The summed E-state index contributed by atoms with van der Waals surface area (Å²) >= 11 is 0. The van der Waals surface area contributed by atoms with Crippen LogP contribution in [-0.2, 0) is 13.4 Å². The molecule has 0 amide bonds. The molecule has 114 valence electrons. The van der Waals surface area contributed by atoms with Crippen LogP contribution >= 0.6 is 15.6 Å². The summed E-state index contributed by atoms with van der Waals surface area (Å²) in [5.41, 5.74) is 1.01. The number of carbonyl (C=O) groups is 2. The minimum atomic E-state index is -5.68. The van der Waals surface area contributed by atoms with Gasteiger partial charge in [0.2, 0.25) is 0 Å². The minimum absolute atomic E-state index is 0. The quantitative estimate of drug-likeness (QED) is 0.330. The average molecular weight is 424 g/mol. The fraction of sp³-hybridized carbons (Fsp3) is 0. The largest absolute Gasteiger partial charge is 1.00 e. The second-order valence-corrected chi connectivity index (χ2v) is 6.03. The monoisotopic (exact) mass is 424 g/mol. The molecule has 0 atom stereocenters. The molecule has 1 aliphatic rings. The molecule has 0 heterocycles. The van der Waals surface area contributed by atoms with Crippen LogP contribution in [0, 0.1) is 0 Å². The molecular formula is C10H6Na4O9P2. The molecule has 0 fully saturated rings. The number of ketones is 2. The van der Waals surface area contributed by atoms with E-state index < -0.39 is 15.6 Å². The molecule has 0 spiro atoms. The van der Waals surface area contributed by atoms with Crippen LogP contribution in [0.5, 0.6) is 0 Å². The second kappa shape index (κ2) is 15.4. The van der Waals surface area contributed by atoms with E-state index in [4.69, 9.17) is 0 Å². The van der Waals surface area contributed by atoms with Crippen molar-refractivity contribution in [3.63, 3.8) is 0 Å². The van der Waals surface area contributed by atoms with Crippen molar-refractivity contribution in [3.8, 4) is 0 Å². The van der Waals surface area contributed by atoms with Gasteiger partial charge in [0.05, 0.1) is 15.6 Å². The van der Waals surface area contributed by atoms with Crippen LogP contribution in [0.4, 0.5) is 0 Å². The maximum atomic E-state index is 11.2. The molecule has 15 heteroatoms. The molecule has 0 unspecified atom stereocenters. The molecule has 1 aromatic rings. The molecule has 9 nitrogen and oxygen atoms in total. The smallest absolute Gasteiger partial charge is 0.790 e. The van der Waals surface area contributed by atoms with Gasteiger partial charge in [-0.25, -0.2) is 0 Å².